The zero-order chi connectivity index (χ0) is 17.4. The van der Waals surface area contributed by atoms with Gasteiger partial charge in [-0.2, -0.15) is 0 Å². The van der Waals surface area contributed by atoms with Crippen LogP contribution in [0.5, 0.6) is 0 Å². The third kappa shape index (κ3) is 2.63. The first kappa shape index (κ1) is 15.3. The molecule has 0 fully saturated rings. The molecule has 3 aromatic rings. The zero-order valence-corrected chi connectivity index (χ0v) is 13.6. The molecule has 0 spiro atoms. The van der Waals surface area contributed by atoms with Gasteiger partial charge in [-0.05, 0) is 48.9 Å². The molecule has 4 nitrogen and oxygen atoms in total. The molecule has 1 aliphatic rings. The molecule has 4 rings (SSSR count). The highest BCUT2D eigenvalue weighted by molar-refractivity contribution is 6.11. The average molecular weight is 333 g/mol. The topological polar surface area (TPSA) is 45.2 Å². The minimum Gasteiger partial charge on any atom is -0.360 e. The normalized spacial score (nSPS) is 16.0. The Morgan fingerprint density at radius 2 is 1.88 bits per heavy atom. The first-order valence-electron chi connectivity index (χ1n) is 8.01. The Kier molecular flexibility index (Phi) is 3.69. The minimum atomic E-state index is -0.492. The number of benzene rings is 2. The second-order valence-corrected chi connectivity index (χ2v) is 5.96. The second-order valence-electron chi connectivity index (χ2n) is 5.96. The van der Waals surface area contributed by atoms with Gasteiger partial charge in [-0.1, -0.05) is 24.3 Å². The summed E-state index contributed by atoms with van der Waals surface area (Å²) in [6, 6.07) is 17.8. The Labute approximate surface area is 144 Å². The van der Waals surface area contributed by atoms with Crippen LogP contribution in [0.15, 0.2) is 66.9 Å². The summed E-state index contributed by atoms with van der Waals surface area (Å²) in [7, 11) is 0. The molecule has 1 amide bonds. The summed E-state index contributed by atoms with van der Waals surface area (Å²) >= 11 is 0. The van der Waals surface area contributed by atoms with Gasteiger partial charge in [0, 0.05) is 17.6 Å². The lowest BCUT2D eigenvalue weighted by atomic mass is 10.2. The minimum absolute atomic E-state index is 0.126. The van der Waals surface area contributed by atoms with E-state index in [0.717, 1.165) is 5.69 Å². The van der Waals surface area contributed by atoms with E-state index in [-0.39, 0.29) is 11.7 Å². The van der Waals surface area contributed by atoms with Gasteiger partial charge in [0.1, 0.15) is 5.82 Å². The van der Waals surface area contributed by atoms with Crippen molar-refractivity contribution in [1.29, 1.82) is 0 Å². The Morgan fingerprint density at radius 3 is 2.64 bits per heavy atom. The number of aryl methyl sites for hydroxylation is 1. The maximum Gasteiger partial charge on any atom is 0.262 e. The molecule has 2 aromatic carbocycles. The lowest BCUT2D eigenvalue weighted by Gasteiger charge is -2.26. The molecule has 25 heavy (non-hydrogen) atoms. The van der Waals surface area contributed by atoms with E-state index in [0.29, 0.717) is 22.5 Å². The Morgan fingerprint density at radius 1 is 1.08 bits per heavy atom. The number of fused-ring (bicyclic) bond motifs is 1. The number of hydrogen-bond acceptors (Lipinski definition) is 3. The van der Waals surface area contributed by atoms with Crippen LogP contribution in [0.1, 0.15) is 27.8 Å². The van der Waals surface area contributed by atoms with Crippen LogP contribution >= 0.6 is 0 Å². The number of amides is 1. The molecular weight excluding hydrogens is 317 g/mol. The van der Waals surface area contributed by atoms with Crippen LogP contribution in [-0.4, -0.2) is 10.9 Å². The fourth-order valence-electron chi connectivity index (χ4n) is 3.01. The van der Waals surface area contributed by atoms with Gasteiger partial charge in [0.25, 0.3) is 5.91 Å². The molecule has 2 heterocycles. The predicted molar refractivity (Wildman–Crippen MR) is 95.0 cm³/mol. The zero-order valence-electron chi connectivity index (χ0n) is 13.6. The number of carbonyl (C=O) groups is 1. The Hall–Kier alpha value is -3.21. The van der Waals surface area contributed by atoms with Crippen molar-refractivity contribution in [2.24, 2.45) is 0 Å². The van der Waals surface area contributed by atoms with E-state index in [9.17, 15) is 9.18 Å². The number of hydrogen-bond donors (Lipinski definition) is 1. The van der Waals surface area contributed by atoms with E-state index in [1.807, 2.05) is 30.3 Å². The van der Waals surface area contributed by atoms with Crippen LogP contribution in [0, 0.1) is 12.7 Å². The quantitative estimate of drug-likeness (QED) is 0.777. The van der Waals surface area contributed by atoms with E-state index in [1.165, 1.54) is 6.07 Å². The van der Waals surface area contributed by atoms with Gasteiger partial charge in [-0.25, -0.2) is 4.39 Å². The highest BCUT2D eigenvalue weighted by Crippen LogP contribution is 2.36. The van der Waals surface area contributed by atoms with E-state index >= 15 is 0 Å². The lowest BCUT2D eigenvalue weighted by Crippen LogP contribution is -2.32. The lowest BCUT2D eigenvalue weighted by molar-refractivity contribution is 0.0993. The summed E-state index contributed by atoms with van der Waals surface area (Å²) in [6.07, 6.45) is 1.17. The summed E-state index contributed by atoms with van der Waals surface area (Å²) < 4.78 is 13.9. The van der Waals surface area contributed by atoms with Crippen molar-refractivity contribution in [1.82, 2.24) is 4.98 Å². The van der Waals surface area contributed by atoms with E-state index in [4.69, 9.17) is 0 Å². The molecule has 1 N–H and O–H groups in total. The summed E-state index contributed by atoms with van der Waals surface area (Å²) in [6.45, 7) is 1.71. The van der Waals surface area contributed by atoms with Crippen LogP contribution in [-0.2, 0) is 0 Å². The molecule has 0 saturated carbocycles. The number of nitrogens with zero attached hydrogens (tertiary/aromatic N) is 2. The smallest absolute Gasteiger partial charge is 0.262 e. The van der Waals surface area contributed by atoms with Gasteiger partial charge < -0.3 is 5.32 Å². The Bertz CT molecular complexity index is 943. The van der Waals surface area contributed by atoms with E-state index in [2.05, 4.69) is 10.3 Å². The number of anilines is 2. The largest absolute Gasteiger partial charge is 0.360 e. The molecule has 0 radical (unpaired) electrons. The van der Waals surface area contributed by atoms with Gasteiger partial charge in [0.2, 0.25) is 0 Å². The maximum absolute atomic E-state index is 13.9. The van der Waals surface area contributed by atoms with Crippen LogP contribution in [0.25, 0.3) is 0 Å². The molecule has 0 bridgehead atoms. The monoisotopic (exact) mass is 333 g/mol. The number of rotatable bonds is 3. The number of aromatic nitrogens is 1. The summed E-state index contributed by atoms with van der Waals surface area (Å²) in [5, 5.41) is 3.25. The van der Waals surface area contributed by atoms with E-state index < -0.39 is 6.17 Å². The summed E-state index contributed by atoms with van der Waals surface area (Å²) in [5.74, 6) is -0.416. The van der Waals surface area contributed by atoms with Crippen LogP contribution < -0.4 is 10.2 Å². The fraction of sp³-hybridized carbons (Fsp3) is 0.100. The second kappa shape index (κ2) is 6.02. The highest BCUT2D eigenvalue weighted by atomic mass is 19.1. The van der Waals surface area contributed by atoms with Crippen LogP contribution in [0.2, 0.25) is 0 Å². The number of halogens is 1. The molecule has 0 aliphatic carbocycles. The van der Waals surface area contributed by atoms with Gasteiger partial charge in [-0.3, -0.25) is 14.7 Å². The van der Waals surface area contributed by atoms with Crippen molar-refractivity contribution in [3.05, 3.63) is 89.5 Å². The van der Waals surface area contributed by atoms with Crippen molar-refractivity contribution in [3.8, 4) is 0 Å². The van der Waals surface area contributed by atoms with Gasteiger partial charge in [0.05, 0.1) is 11.3 Å². The molecule has 124 valence electrons. The van der Waals surface area contributed by atoms with Gasteiger partial charge in [0.15, 0.2) is 6.17 Å². The number of nitrogens with one attached hydrogen (secondary N) is 1. The molecule has 0 saturated heterocycles. The van der Waals surface area contributed by atoms with Crippen LogP contribution in [0.3, 0.4) is 0 Å². The van der Waals surface area contributed by atoms with Crippen molar-refractivity contribution in [3.63, 3.8) is 0 Å². The standard InChI is InChI=1S/C20H16FN3O/c1-13-9-10-14(12-17(13)21)23-19-18-16(8-5-11-22-18)20(25)24(19)15-6-3-2-4-7-15/h2-12,19,23H,1H3. The summed E-state index contributed by atoms with van der Waals surface area (Å²) in [4.78, 5) is 18.9. The van der Waals surface area contributed by atoms with Crippen molar-refractivity contribution >= 4 is 17.3 Å². The van der Waals surface area contributed by atoms with Gasteiger partial charge in [-0.15, -0.1) is 0 Å². The van der Waals surface area contributed by atoms with Crippen molar-refractivity contribution < 1.29 is 9.18 Å². The molecule has 1 aliphatic heterocycles. The third-order valence-corrected chi connectivity index (χ3v) is 4.31. The number of carbonyl (C=O) groups excluding carboxylic acids is 1. The summed E-state index contributed by atoms with van der Waals surface area (Å²) in [5.41, 5.74) is 3.12. The molecule has 5 heteroatoms. The highest BCUT2D eigenvalue weighted by Gasteiger charge is 2.38. The van der Waals surface area contributed by atoms with Crippen molar-refractivity contribution in [2.75, 3.05) is 10.2 Å². The molecule has 1 atom stereocenters. The maximum atomic E-state index is 13.9. The van der Waals surface area contributed by atoms with Crippen molar-refractivity contribution in [2.45, 2.75) is 13.1 Å². The molecular formula is C20H16FN3O. The first-order chi connectivity index (χ1) is 12.1. The molecule has 1 aromatic heterocycles. The predicted octanol–water partition coefficient (Wildman–Crippen LogP) is 4.30. The van der Waals surface area contributed by atoms with E-state index in [1.54, 1.807) is 42.3 Å². The average Bonchev–Trinajstić information content (AvgIpc) is 2.91. The fourth-order valence-corrected chi connectivity index (χ4v) is 3.01. The number of pyridine rings is 1. The first-order valence-corrected chi connectivity index (χ1v) is 8.01. The Balaban J connectivity index is 1.78. The SMILES string of the molecule is Cc1ccc(NC2c3ncccc3C(=O)N2c2ccccc2)cc1F. The van der Waals surface area contributed by atoms with Crippen LogP contribution in [0.4, 0.5) is 15.8 Å². The third-order valence-electron chi connectivity index (χ3n) is 4.31. The van der Waals surface area contributed by atoms with Gasteiger partial charge >= 0.3 is 0 Å². The number of para-hydroxylation sites is 1. The molecule has 1 unspecified atom stereocenters.